The molecule has 0 amide bonds. The van der Waals surface area contributed by atoms with Crippen LogP contribution in [0, 0.1) is 10.8 Å². The van der Waals surface area contributed by atoms with Crippen LogP contribution in [0.4, 0.5) is 0 Å². The molecule has 2 aromatic rings. The van der Waals surface area contributed by atoms with Gasteiger partial charge in [0.25, 0.3) is 0 Å². The summed E-state index contributed by atoms with van der Waals surface area (Å²) in [6.07, 6.45) is 8.38. The Morgan fingerprint density at radius 2 is 1.76 bits per heavy atom. The number of benzene rings is 2. The van der Waals surface area contributed by atoms with Crippen LogP contribution < -0.4 is 0 Å². The van der Waals surface area contributed by atoms with Crippen molar-refractivity contribution in [3.8, 4) is 0 Å². The Kier molecular flexibility index (Phi) is 7.79. The molecule has 172 valence electrons. The van der Waals surface area contributed by atoms with Crippen LogP contribution in [0.1, 0.15) is 71.3 Å². The molecule has 0 saturated carbocycles. The molecule has 0 heterocycles. The molecule has 5 heteroatoms. The van der Waals surface area contributed by atoms with E-state index in [1.165, 1.54) is 6.08 Å². The van der Waals surface area contributed by atoms with Crippen LogP contribution in [0.25, 0.3) is 18.2 Å². The van der Waals surface area contributed by atoms with Crippen LogP contribution in [0.5, 0.6) is 0 Å². The standard InChI is InChI=1S/C29H28N2O3/c1-4-7-23(30)17-26(33)21-11-8-19(9-12-21)10-13-25(32)24-16-22-15-18(5-2)14-20(6-3)27(22)28(31)29(24)34/h5,8-16,30-31H,2,4,6-7,17H2,1,3H3/b13-10+,30-23?,31-28?. The van der Waals surface area contributed by atoms with Gasteiger partial charge in [0.2, 0.25) is 5.78 Å². The van der Waals surface area contributed by atoms with Gasteiger partial charge in [-0.25, -0.2) is 0 Å². The van der Waals surface area contributed by atoms with Gasteiger partial charge in [-0.3, -0.25) is 19.8 Å². The predicted octanol–water partition coefficient (Wildman–Crippen LogP) is 5.90. The summed E-state index contributed by atoms with van der Waals surface area (Å²) in [6.45, 7) is 7.73. The Morgan fingerprint density at radius 3 is 2.38 bits per heavy atom. The summed E-state index contributed by atoms with van der Waals surface area (Å²) in [6, 6.07) is 10.5. The number of rotatable bonds is 10. The van der Waals surface area contributed by atoms with Crippen molar-refractivity contribution in [2.24, 2.45) is 0 Å². The lowest BCUT2D eigenvalue weighted by molar-refractivity contribution is -0.115. The summed E-state index contributed by atoms with van der Waals surface area (Å²) in [4.78, 5) is 37.9. The zero-order chi connectivity index (χ0) is 24.8. The van der Waals surface area contributed by atoms with Crippen LogP contribution >= 0.6 is 0 Å². The molecule has 0 saturated heterocycles. The van der Waals surface area contributed by atoms with E-state index >= 15 is 0 Å². The van der Waals surface area contributed by atoms with E-state index < -0.39 is 11.6 Å². The Morgan fingerprint density at radius 1 is 1.06 bits per heavy atom. The molecule has 0 spiro atoms. The minimum Gasteiger partial charge on any atom is -0.309 e. The topological polar surface area (TPSA) is 98.9 Å². The van der Waals surface area contributed by atoms with Gasteiger partial charge in [-0.15, -0.1) is 0 Å². The molecule has 1 aliphatic carbocycles. The van der Waals surface area contributed by atoms with E-state index in [2.05, 4.69) is 6.58 Å². The van der Waals surface area contributed by atoms with Crippen molar-refractivity contribution in [1.82, 2.24) is 0 Å². The van der Waals surface area contributed by atoms with E-state index in [4.69, 9.17) is 10.8 Å². The summed E-state index contributed by atoms with van der Waals surface area (Å²) >= 11 is 0. The van der Waals surface area contributed by atoms with Crippen molar-refractivity contribution >= 4 is 47.0 Å². The lowest BCUT2D eigenvalue weighted by atomic mass is 9.83. The third-order valence-corrected chi connectivity index (χ3v) is 5.76. The molecule has 34 heavy (non-hydrogen) atoms. The number of carbonyl (C=O) groups is 3. The molecule has 2 N–H and O–H groups in total. The average molecular weight is 453 g/mol. The van der Waals surface area contributed by atoms with Gasteiger partial charge in [-0.2, -0.15) is 0 Å². The van der Waals surface area contributed by atoms with Crippen molar-refractivity contribution in [2.45, 2.75) is 39.5 Å². The van der Waals surface area contributed by atoms with Crippen molar-refractivity contribution in [2.75, 3.05) is 0 Å². The number of hydrogen-bond acceptors (Lipinski definition) is 5. The van der Waals surface area contributed by atoms with Crippen LogP contribution in [0.3, 0.4) is 0 Å². The molecule has 0 unspecified atom stereocenters. The first-order valence-corrected chi connectivity index (χ1v) is 11.4. The van der Waals surface area contributed by atoms with Gasteiger partial charge in [0.1, 0.15) is 5.71 Å². The van der Waals surface area contributed by atoms with E-state index in [0.717, 1.165) is 17.5 Å². The zero-order valence-electron chi connectivity index (χ0n) is 19.5. The Labute approximate surface area is 199 Å². The molecule has 0 aliphatic heterocycles. The van der Waals surface area contributed by atoms with Gasteiger partial charge < -0.3 is 5.41 Å². The maximum Gasteiger partial charge on any atom is 0.215 e. The number of carbonyl (C=O) groups excluding carboxylic acids is 3. The van der Waals surface area contributed by atoms with Crippen molar-refractivity contribution in [1.29, 1.82) is 10.8 Å². The number of nitrogens with one attached hydrogen (secondary N) is 2. The van der Waals surface area contributed by atoms with Gasteiger partial charge in [-0.1, -0.05) is 69.3 Å². The van der Waals surface area contributed by atoms with Crippen molar-refractivity contribution < 1.29 is 14.4 Å². The van der Waals surface area contributed by atoms with E-state index in [1.807, 2.05) is 26.0 Å². The number of fused-ring (bicyclic) bond motifs is 1. The first kappa shape index (κ1) is 24.6. The maximum atomic E-state index is 12.8. The van der Waals surface area contributed by atoms with Crippen LogP contribution in [0.15, 0.2) is 54.6 Å². The van der Waals surface area contributed by atoms with Crippen molar-refractivity contribution in [3.63, 3.8) is 0 Å². The monoisotopic (exact) mass is 452 g/mol. The van der Waals surface area contributed by atoms with Crippen molar-refractivity contribution in [3.05, 3.63) is 88.0 Å². The minimum absolute atomic E-state index is 0.0433. The van der Waals surface area contributed by atoms with Gasteiger partial charge >= 0.3 is 0 Å². The highest BCUT2D eigenvalue weighted by Crippen LogP contribution is 2.28. The highest BCUT2D eigenvalue weighted by atomic mass is 16.1. The number of aryl methyl sites for hydroxylation is 1. The fraction of sp³-hybridized carbons (Fsp3) is 0.207. The van der Waals surface area contributed by atoms with Gasteiger partial charge in [0.05, 0.1) is 5.57 Å². The molecular formula is C29H28N2O3. The molecular weight excluding hydrogens is 424 g/mol. The summed E-state index contributed by atoms with van der Waals surface area (Å²) in [5, 5.41) is 16.2. The van der Waals surface area contributed by atoms with E-state index in [-0.39, 0.29) is 23.5 Å². The van der Waals surface area contributed by atoms with Gasteiger partial charge in [0.15, 0.2) is 11.6 Å². The molecule has 0 aromatic heterocycles. The van der Waals surface area contributed by atoms with Gasteiger partial charge in [0, 0.05) is 23.3 Å². The first-order chi connectivity index (χ1) is 16.3. The predicted molar refractivity (Wildman–Crippen MR) is 138 cm³/mol. The summed E-state index contributed by atoms with van der Waals surface area (Å²) in [5.74, 6) is -1.17. The zero-order valence-corrected chi connectivity index (χ0v) is 19.5. The second kappa shape index (κ2) is 10.8. The third kappa shape index (κ3) is 5.31. The average Bonchev–Trinajstić information content (AvgIpc) is 2.84. The fourth-order valence-electron chi connectivity index (χ4n) is 3.95. The Bertz CT molecular complexity index is 1260. The molecule has 0 radical (unpaired) electrons. The SMILES string of the molecule is C=Cc1cc2c(c(CC)c1)C(=N)C(=O)C(C(=O)/C=C/c1ccc(C(=O)CC(=N)CCC)cc1)=C2. The van der Waals surface area contributed by atoms with Crippen LogP contribution in [-0.4, -0.2) is 28.8 Å². The quantitative estimate of drug-likeness (QED) is 0.203. The Hall–Kier alpha value is -3.99. The van der Waals surface area contributed by atoms with Crippen LogP contribution in [-0.2, 0) is 16.0 Å². The summed E-state index contributed by atoms with van der Waals surface area (Å²) in [5.41, 5.74) is 4.43. The number of allylic oxidation sites excluding steroid dienone is 2. The molecule has 0 fully saturated rings. The Balaban J connectivity index is 1.81. The fourth-order valence-corrected chi connectivity index (χ4v) is 3.95. The first-order valence-electron chi connectivity index (χ1n) is 11.4. The molecule has 5 nitrogen and oxygen atoms in total. The van der Waals surface area contributed by atoms with E-state index in [1.54, 1.807) is 42.5 Å². The largest absolute Gasteiger partial charge is 0.309 e. The summed E-state index contributed by atoms with van der Waals surface area (Å²) < 4.78 is 0. The molecule has 3 rings (SSSR count). The third-order valence-electron chi connectivity index (χ3n) is 5.76. The number of Topliss-reactive ketones (excluding diaryl/α,β-unsaturated/α-hetero) is 2. The maximum absolute atomic E-state index is 12.8. The minimum atomic E-state index is -0.585. The number of ketones is 3. The number of hydrogen-bond donors (Lipinski definition) is 2. The normalized spacial score (nSPS) is 12.9. The van der Waals surface area contributed by atoms with Crippen LogP contribution in [0.2, 0.25) is 0 Å². The van der Waals surface area contributed by atoms with Gasteiger partial charge in [-0.05, 0) is 53.3 Å². The second-order valence-corrected chi connectivity index (χ2v) is 8.24. The molecule has 0 atom stereocenters. The smallest absolute Gasteiger partial charge is 0.215 e. The molecule has 1 aliphatic rings. The molecule has 0 bridgehead atoms. The van der Waals surface area contributed by atoms with E-state index in [0.29, 0.717) is 40.8 Å². The van der Waals surface area contributed by atoms with E-state index in [9.17, 15) is 14.4 Å². The highest BCUT2D eigenvalue weighted by Gasteiger charge is 2.29. The lowest BCUT2D eigenvalue weighted by Gasteiger charge is -2.19. The second-order valence-electron chi connectivity index (χ2n) is 8.24. The highest BCUT2D eigenvalue weighted by molar-refractivity contribution is 6.58. The molecule has 2 aromatic carbocycles. The lowest BCUT2D eigenvalue weighted by Crippen LogP contribution is -2.26. The summed E-state index contributed by atoms with van der Waals surface area (Å²) in [7, 11) is 0.